The highest BCUT2D eigenvalue weighted by molar-refractivity contribution is 8.00. The van der Waals surface area contributed by atoms with E-state index in [1.807, 2.05) is 18.2 Å². The first-order chi connectivity index (χ1) is 16.2. The fourth-order valence-electron chi connectivity index (χ4n) is 4.01. The first-order valence-electron chi connectivity index (χ1n) is 11.2. The van der Waals surface area contributed by atoms with Gasteiger partial charge >= 0.3 is 0 Å². The Balaban J connectivity index is 0.00000149. The molecule has 4 rings (SSSR count). The number of hydrogen-bond acceptors (Lipinski definition) is 4. The monoisotopic (exact) mass is 457 g/mol. The summed E-state index contributed by atoms with van der Waals surface area (Å²) in [6, 6.07) is 25.6. The molecular formula is C28H31N3OS. The van der Waals surface area contributed by atoms with Crippen LogP contribution in [-0.2, 0) is 13.2 Å². The minimum Gasteiger partial charge on any atom is -0.489 e. The lowest BCUT2D eigenvalue weighted by atomic mass is 10.1. The van der Waals surface area contributed by atoms with Gasteiger partial charge < -0.3 is 14.0 Å². The molecule has 0 amide bonds. The van der Waals surface area contributed by atoms with Crippen LogP contribution in [0.15, 0.2) is 72.8 Å². The summed E-state index contributed by atoms with van der Waals surface area (Å²) in [5.74, 6) is 1.95. The van der Waals surface area contributed by atoms with Crippen LogP contribution >= 0.6 is 11.9 Å². The van der Waals surface area contributed by atoms with Crippen LogP contribution in [0.4, 0.5) is 5.69 Å². The van der Waals surface area contributed by atoms with Crippen molar-refractivity contribution in [1.82, 2.24) is 4.57 Å². The van der Waals surface area contributed by atoms with Crippen molar-refractivity contribution in [3.05, 3.63) is 83.9 Å². The highest BCUT2D eigenvalue weighted by atomic mass is 32.2. The summed E-state index contributed by atoms with van der Waals surface area (Å²) >= 11 is 1.72. The molecule has 0 aliphatic carbocycles. The van der Waals surface area contributed by atoms with Crippen LogP contribution in [0.5, 0.6) is 5.75 Å². The number of nitrogens with one attached hydrogen (secondary N) is 1. The predicted octanol–water partition coefficient (Wildman–Crippen LogP) is 7.83. The second kappa shape index (κ2) is 12.0. The minimum atomic E-state index is 0.582. The van der Waals surface area contributed by atoms with Crippen molar-refractivity contribution in [2.45, 2.75) is 40.3 Å². The van der Waals surface area contributed by atoms with E-state index in [1.165, 1.54) is 33.3 Å². The van der Waals surface area contributed by atoms with E-state index in [1.54, 1.807) is 11.9 Å². The van der Waals surface area contributed by atoms with Gasteiger partial charge in [0.1, 0.15) is 12.4 Å². The first-order valence-corrected chi connectivity index (χ1v) is 12.2. The number of anilines is 1. The summed E-state index contributed by atoms with van der Waals surface area (Å²) in [5.41, 5.74) is 7.44. The Kier molecular flexibility index (Phi) is 8.86. The quantitative estimate of drug-likeness (QED) is 0.260. The number of rotatable bonds is 9. The fourth-order valence-corrected chi connectivity index (χ4v) is 4.46. The standard InChI is InChI=1S/C27H30N2OS.CHN/c1-4-17-29-26-16-15-24(30-19-21-9-7-6-8-10-21)18-25(26)20(3)27(29)22-11-13-23(14-12-22)28-31-5-2;1-2/h6-16,18,28H,4-5,17,19H2,1-3H3;1H. The Hall–Kier alpha value is -3.36. The molecule has 4 nitrogen and oxygen atoms in total. The van der Waals surface area contributed by atoms with E-state index in [0.717, 1.165) is 30.2 Å². The van der Waals surface area contributed by atoms with Gasteiger partial charge in [0.15, 0.2) is 0 Å². The average Bonchev–Trinajstić information content (AvgIpc) is 3.14. The van der Waals surface area contributed by atoms with E-state index in [9.17, 15) is 0 Å². The van der Waals surface area contributed by atoms with Crippen LogP contribution in [0, 0.1) is 18.8 Å². The number of aromatic nitrogens is 1. The number of hydrogen-bond donors (Lipinski definition) is 1. The Morgan fingerprint density at radius 2 is 1.70 bits per heavy atom. The summed E-state index contributed by atoms with van der Waals surface area (Å²) in [4.78, 5) is 0. The molecule has 0 atom stereocenters. The summed E-state index contributed by atoms with van der Waals surface area (Å²) in [5, 5.41) is 7.76. The molecular weight excluding hydrogens is 426 g/mol. The fraction of sp³-hybridized carbons (Fsp3) is 0.250. The third-order valence-corrected chi connectivity index (χ3v) is 6.14. The maximum absolute atomic E-state index is 6.50. The summed E-state index contributed by atoms with van der Waals surface area (Å²) in [6.07, 6.45) is 1.09. The van der Waals surface area contributed by atoms with Gasteiger partial charge in [0.2, 0.25) is 0 Å². The van der Waals surface area contributed by atoms with Gasteiger partial charge in [-0.05, 0) is 60.4 Å². The number of ether oxygens (including phenoxy) is 1. The van der Waals surface area contributed by atoms with Gasteiger partial charge in [-0.15, -0.1) is 0 Å². The molecule has 0 bridgehead atoms. The van der Waals surface area contributed by atoms with E-state index in [2.05, 4.69) is 91.2 Å². The number of fused-ring (bicyclic) bond motifs is 1. The molecule has 4 aromatic rings. The van der Waals surface area contributed by atoms with Crippen molar-refractivity contribution < 1.29 is 4.74 Å². The SMILES string of the molecule is C#N.CCCn1c(-c2ccc(NSCC)cc2)c(C)c2cc(OCc3ccccc3)ccc21. The molecule has 0 unspecified atom stereocenters. The molecule has 0 saturated carbocycles. The minimum absolute atomic E-state index is 0.582. The largest absolute Gasteiger partial charge is 0.489 e. The van der Waals surface area contributed by atoms with Gasteiger partial charge in [-0.25, -0.2) is 5.26 Å². The van der Waals surface area contributed by atoms with Gasteiger partial charge in [0.05, 0.1) is 5.69 Å². The van der Waals surface area contributed by atoms with Crippen LogP contribution < -0.4 is 9.46 Å². The number of benzene rings is 3. The summed E-state index contributed by atoms with van der Waals surface area (Å²) in [6.45, 7) is 11.7. The van der Waals surface area contributed by atoms with Gasteiger partial charge in [-0.1, -0.05) is 68.3 Å². The van der Waals surface area contributed by atoms with Crippen LogP contribution in [-0.4, -0.2) is 10.3 Å². The van der Waals surface area contributed by atoms with Crippen molar-refractivity contribution in [2.75, 3.05) is 10.5 Å². The number of nitriles is 1. The predicted molar refractivity (Wildman–Crippen MR) is 142 cm³/mol. The smallest absolute Gasteiger partial charge is 0.120 e. The molecule has 33 heavy (non-hydrogen) atoms. The zero-order valence-electron chi connectivity index (χ0n) is 19.5. The van der Waals surface area contributed by atoms with Gasteiger partial charge in [0, 0.05) is 35.5 Å². The molecule has 1 heterocycles. The normalized spacial score (nSPS) is 10.5. The third kappa shape index (κ3) is 5.71. The lowest BCUT2D eigenvalue weighted by Gasteiger charge is -2.12. The van der Waals surface area contributed by atoms with E-state index in [4.69, 9.17) is 10.00 Å². The van der Waals surface area contributed by atoms with Crippen LogP contribution in [0.25, 0.3) is 22.2 Å². The highest BCUT2D eigenvalue weighted by Crippen LogP contribution is 2.36. The van der Waals surface area contributed by atoms with Gasteiger partial charge in [0.25, 0.3) is 0 Å². The lowest BCUT2D eigenvalue weighted by Crippen LogP contribution is -2.00. The van der Waals surface area contributed by atoms with E-state index in [0.29, 0.717) is 6.61 Å². The summed E-state index contributed by atoms with van der Waals surface area (Å²) in [7, 11) is 0. The molecule has 0 saturated heterocycles. The van der Waals surface area contributed by atoms with Crippen molar-refractivity contribution in [3.63, 3.8) is 0 Å². The molecule has 0 fully saturated rings. The summed E-state index contributed by atoms with van der Waals surface area (Å²) < 4.78 is 11.9. The molecule has 1 aromatic heterocycles. The maximum atomic E-state index is 6.50. The van der Waals surface area contributed by atoms with Crippen molar-refractivity contribution >= 4 is 28.5 Å². The molecule has 3 aromatic carbocycles. The van der Waals surface area contributed by atoms with Crippen molar-refractivity contribution in [3.8, 4) is 23.6 Å². The second-order valence-corrected chi connectivity index (χ2v) is 8.76. The zero-order valence-corrected chi connectivity index (χ0v) is 20.4. The van der Waals surface area contributed by atoms with E-state index >= 15 is 0 Å². The Labute approximate surface area is 201 Å². The van der Waals surface area contributed by atoms with Crippen molar-refractivity contribution in [2.24, 2.45) is 0 Å². The molecule has 0 aliphatic rings. The third-order valence-electron chi connectivity index (χ3n) is 5.48. The second-order valence-electron chi connectivity index (χ2n) is 7.69. The lowest BCUT2D eigenvalue weighted by molar-refractivity contribution is 0.306. The molecule has 1 N–H and O–H groups in total. The topological polar surface area (TPSA) is 50.0 Å². The van der Waals surface area contributed by atoms with Crippen LogP contribution in [0.3, 0.4) is 0 Å². The average molecular weight is 458 g/mol. The van der Waals surface area contributed by atoms with Gasteiger partial charge in [-0.2, -0.15) is 0 Å². The van der Waals surface area contributed by atoms with E-state index in [-0.39, 0.29) is 0 Å². The van der Waals surface area contributed by atoms with E-state index < -0.39 is 0 Å². The van der Waals surface area contributed by atoms with Gasteiger partial charge in [-0.3, -0.25) is 0 Å². The maximum Gasteiger partial charge on any atom is 0.120 e. The van der Waals surface area contributed by atoms with Crippen LogP contribution in [0.2, 0.25) is 0 Å². The number of nitrogens with zero attached hydrogens (tertiary/aromatic N) is 2. The highest BCUT2D eigenvalue weighted by Gasteiger charge is 2.16. The molecule has 0 spiro atoms. The van der Waals surface area contributed by atoms with Crippen molar-refractivity contribution in [1.29, 1.82) is 5.26 Å². The van der Waals surface area contributed by atoms with Crippen LogP contribution in [0.1, 0.15) is 31.4 Å². The molecule has 0 radical (unpaired) electrons. The molecule has 5 heteroatoms. The Morgan fingerprint density at radius 1 is 0.970 bits per heavy atom. The first kappa shape index (κ1) is 24.3. The zero-order chi connectivity index (χ0) is 23.6. The molecule has 170 valence electrons. The number of aryl methyl sites for hydroxylation is 2. The Bertz CT molecular complexity index is 1180. The Morgan fingerprint density at radius 3 is 2.36 bits per heavy atom. The molecule has 0 aliphatic heterocycles.